The second kappa shape index (κ2) is 5.40. The van der Waals surface area contributed by atoms with Crippen LogP contribution in [0.3, 0.4) is 0 Å². The quantitative estimate of drug-likeness (QED) is 0.867. The van der Waals surface area contributed by atoms with Gasteiger partial charge in [0.15, 0.2) is 0 Å². The molecular weight excluding hydrogens is 275 g/mol. The number of aliphatic hydroxyl groups excluding tert-OH is 1. The molecule has 0 bridgehead atoms. The van der Waals surface area contributed by atoms with Crippen molar-refractivity contribution in [2.24, 2.45) is 0 Å². The topological polar surface area (TPSA) is 20.2 Å². The number of rotatable bonds is 3. The van der Waals surface area contributed by atoms with Gasteiger partial charge in [-0.3, -0.25) is 0 Å². The number of halogens is 2. The van der Waals surface area contributed by atoms with Gasteiger partial charge in [0.05, 0.1) is 0 Å². The van der Waals surface area contributed by atoms with Crippen molar-refractivity contribution in [3.05, 3.63) is 55.7 Å². The summed E-state index contributed by atoms with van der Waals surface area (Å²) in [6, 6.07) is 9.13. The molecule has 0 fully saturated rings. The van der Waals surface area contributed by atoms with Gasteiger partial charge in [-0.15, -0.1) is 11.3 Å². The van der Waals surface area contributed by atoms with Crippen LogP contribution in [-0.2, 0) is 6.42 Å². The lowest BCUT2D eigenvalue weighted by Gasteiger charge is -2.11. The second-order valence-electron chi connectivity index (χ2n) is 3.73. The molecule has 0 saturated carbocycles. The van der Waals surface area contributed by atoms with Crippen LogP contribution in [0.1, 0.15) is 28.3 Å². The monoisotopic (exact) mass is 286 g/mol. The molecule has 2 aromatic rings. The maximum absolute atomic E-state index is 10.3. The Balaban J connectivity index is 2.33. The molecule has 1 nitrogen and oxygen atoms in total. The molecule has 0 amide bonds. The van der Waals surface area contributed by atoms with E-state index in [2.05, 4.69) is 6.92 Å². The summed E-state index contributed by atoms with van der Waals surface area (Å²) in [6.45, 7) is 2.09. The smallest absolute Gasteiger partial charge is 0.115 e. The Kier molecular flexibility index (Phi) is 4.10. The van der Waals surface area contributed by atoms with Gasteiger partial charge >= 0.3 is 0 Å². The molecule has 1 N–H and O–H groups in total. The first-order chi connectivity index (χ1) is 8.11. The van der Waals surface area contributed by atoms with Gasteiger partial charge in [0, 0.05) is 25.4 Å². The lowest BCUT2D eigenvalue weighted by Crippen LogP contribution is -1.97. The van der Waals surface area contributed by atoms with Crippen LogP contribution in [0.25, 0.3) is 0 Å². The lowest BCUT2D eigenvalue weighted by atomic mass is 10.1. The molecule has 0 saturated heterocycles. The van der Waals surface area contributed by atoms with Crippen LogP contribution in [0.4, 0.5) is 0 Å². The van der Waals surface area contributed by atoms with E-state index >= 15 is 0 Å². The summed E-state index contributed by atoms with van der Waals surface area (Å²) in [4.78, 5) is 2.16. The van der Waals surface area contributed by atoms with Gasteiger partial charge in [-0.2, -0.15) is 0 Å². The van der Waals surface area contributed by atoms with Crippen molar-refractivity contribution in [3.63, 3.8) is 0 Å². The van der Waals surface area contributed by atoms with Crippen molar-refractivity contribution in [3.8, 4) is 0 Å². The maximum Gasteiger partial charge on any atom is 0.115 e. The fraction of sp³-hybridized carbons (Fsp3) is 0.231. The first-order valence-electron chi connectivity index (χ1n) is 5.33. The van der Waals surface area contributed by atoms with E-state index in [1.165, 1.54) is 4.88 Å². The van der Waals surface area contributed by atoms with E-state index in [1.54, 1.807) is 29.5 Å². The number of aliphatic hydroxyl groups is 1. The molecule has 17 heavy (non-hydrogen) atoms. The third-order valence-corrected chi connectivity index (χ3v) is 4.40. The zero-order chi connectivity index (χ0) is 12.4. The van der Waals surface area contributed by atoms with E-state index < -0.39 is 6.10 Å². The van der Waals surface area contributed by atoms with Gasteiger partial charge in [0.2, 0.25) is 0 Å². The Morgan fingerprint density at radius 3 is 2.59 bits per heavy atom. The molecule has 1 aromatic carbocycles. The van der Waals surface area contributed by atoms with Crippen LogP contribution < -0.4 is 0 Å². The summed E-state index contributed by atoms with van der Waals surface area (Å²) < 4.78 is 0. The third-order valence-electron chi connectivity index (χ3n) is 2.56. The van der Waals surface area contributed by atoms with Crippen LogP contribution in [0.5, 0.6) is 0 Å². The molecule has 0 aliphatic rings. The molecule has 0 aliphatic heterocycles. The average Bonchev–Trinajstić information content (AvgIpc) is 2.76. The summed E-state index contributed by atoms with van der Waals surface area (Å²) in [5.41, 5.74) is 0.695. The molecule has 0 radical (unpaired) electrons. The SMILES string of the molecule is CCc1ccc(C(O)c2ccc(Cl)cc2Cl)s1. The van der Waals surface area contributed by atoms with Gasteiger partial charge in [0.25, 0.3) is 0 Å². The molecule has 4 heteroatoms. The van der Waals surface area contributed by atoms with E-state index in [-0.39, 0.29) is 0 Å². The highest BCUT2D eigenvalue weighted by Crippen LogP contribution is 2.33. The van der Waals surface area contributed by atoms with Gasteiger partial charge in [-0.25, -0.2) is 0 Å². The lowest BCUT2D eigenvalue weighted by molar-refractivity contribution is 0.224. The third kappa shape index (κ3) is 2.83. The normalized spacial score (nSPS) is 12.7. The molecule has 2 rings (SSSR count). The highest BCUT2D eigenvalue weighted by Gasteiger charge is 2.15. The van der Waals surface area contributed by atoms with Crippen molar-refractivity contribution >= 4 is 34.5 Å². The van der Waals surface area contributed by atoms with E-state index in [0.29, 0.717) is 15.6 Å². The first-order valence-corrected chi connectivity index (χ1v) is 6.90. The van der Waals surface area contributed by atoms with Crippen molar-refractivity contribution in [1.29, 1.82) is 0 Å². The Hall–Kier alpha value is -0.540. The highest BCUT2D eigenvalue weighted by molar-refractivity contribution is 7.12. The molecule has 0 aliphatic carbocycles. The van der Waals surface area contributed by atoms with Gasteiger partial charge < -0.3 is 5.11 Å². The van der Waals surface area contributed by atoms with Crippen LogP contribution >= 0.6 is 34.5 Å². The molecule has 0 spiro atoms. The number of hydrogen-bond acceptors (Lipinski definition) is 2. The van der Waals surface area contributed by atoms with Gasteiger partial charge in [-0.05, 0) is 30.7 Å². The summed E-state index contributed by atoms with van der Waals surface area (Å²) >= 11 is 13.5. The predicted octanol–water partition coefficient (Wildman–Crippen LogP) is 4.70. The number of hydrogen-bond donors (Lipinski definition) is 1. The fourth-order valence-corrected chi connectivity index (χ4v) is 3.08. The van der Waals surface area contributed by atoms with Crippen molar-refractivity contribution < 1.29 is 5.11 Å². The fourth-order valence-electron chi connectivity index (χ4n) is 1.61. The van der Waals surface area contributed by atoms with Crippen molar-refractivity contribution in [2.75, 3.05) is 0 Å². The number of aryl methyl sites for hydroxylation is 1. The molecule has 1 atom stereocenters. The number of benzene rings is 1. The standard InChI is InChI=1S/C13H12Cl2OS/c1-2-9-4-6-12(17-9)13(16)10-5-3-8(14)7-11(10)15/h3-7,13,16H,2H2,1H3. The van der Waals surface area contributed by atoms with Gasteiger partial charge in [-0.1, -0.05) is 36.2 Å². The molecule has 1 aromatic heterocycles. The Morgan fingerprint density at radius 1 is 1.24 bits per heavy atom. The highest BCUT2D eigenvalue weighted by atomic mass is 35.5. The minimum atomic E-state index is -0.676. The Bertz CT molecular complexity index is 522. The predicted molar refractivity (Wildman–Crippen MR) is 74.2 cm³/mol. The maximum atomic E-state index is 10.3. The van der Waals surface area contributed by atoms with E-state index in [4.69, 9.17) is 23.2 Å². The van der Waals surface area contributed by atoms with Crippen LogP contribution in [0.2, 0.25) is 10.0 Å². The zero-order valence-electron chi connectivity index (χ0n) is 9.28. The van der Waals surface area contributed by atoms with E-state index in [9.17, 15) is 5.11 Å². The van der Waals surface area contributed by atoms with Crippen LogP contribution in [0, 0.1) is 0 Å². The van der Waals surface area contributed by atoms with Crippen LogP contribution in [-0.4, -0.2) is 5.11 Å². The summed E-state index contributed by atoms with van der Waals surface area (Å²) in [7, 11) is 0. The van der Waals surface area contributed by atoms with Gasteiger partial charge in [0.1, 0.15) is 6.10 Å². The average molecular weight is 287 g/mol. The summed E-state index contributed by atoms with van der Waals surface area (Å²) in [5, 5.41) is 11.3. The minimum Gasteiger partial charge on any atom is -0.383 e. The summed E-state index contributed by atoms with van der Waals surface area (Å²) in [5.74, 6) is 0. The van der Waals surface area contributed by atoms with E-state index in [1.807, 2.05) is 12.1 Å². The van der Waals surface area contributed by atoms with Crippen molar-refractivity contribution in [1.82, 2.24) is 0 Å². The zero-order valence-corrected chi connectivity index (χ0v) is 11.6. The molecular formula is C13H12Cl2OS. The Morgan fingerprint density at radius 2 is 2.00 bits per heavy atom. The molecule has 1 unspecified atom stereocenters. The van der Waals surface area contributed by atoms with Crippen LogP contribution in [0.15, 0.2) is 30.3 Å². The van der Waals surface area contributed by atoms with Crippen molar-refractivity contribution in [2.45, 2.75) is 19.4 Å². The Labute approximate surface area is 115 Å². The number of thiophene rings is 1. The molecule has 90 valence electrons. The second-order valence-corrected chi connectivity index (χ2v) is 5.77. The van der Waals surface area contributed by atoms with E-state index in [0.717, 1.165) is 11.3 Å². The summed E-state index contributed by atoms with van der Waals surface area (Å²) in [6.07, 6.45) is 0.302. The first kappa shape index (κ1) is 12.9. The minimum absolute atomic E-state index is 0.497. The largest absolute Gasteiger partial charge is 0.383 e. The molecule has 1 heterocycles.